The molecule has 204 valence electrons. The van der Waals surface area contributed by atoms with Gasteiger partial charge in [0.1, 0.15) is 5.75 Å². The normalized spacial score (nSPS) is 15.0. The molecule has 1 atom stereocenters. The Morgan fingerprint density at radius 3 is 2.55 bits per heavy atom. The van der Waals surface area contributed by atoms with Crippen molar-refractivity contribution in [1.82, 2.24) is 4.57 Å². The summed E-state index contributed by atoms with van der Waals surface area (Å²) in [5.74, 6) is -0.225. The van der Waals surface area contributed by atoms with Crippen LogP contribution in [0.1, 0.15) is 31.0 Å². The monoisotopic (exact) mass is 559 g/mol. The topological polar surface area (TPSA) is 122 Å². The summed E-state index contributed by atoms with van der Waals surface area (Å²) in [4.78, 5) is 43.3. The second-order valence-electron chi connectivity index (χ2n) is 8.89. The first-order valence-electron chi connectivity index (χ1n) is 12.4. The van der Waals surface area contributed by atoms with Crippen molar-refractivity contribution >= 4 is 39.8 Å². The van der Waals surface area contributed by atoms with Crippen molar-refractivity contribution in [2.24, 2.45) is 4.99 Å². The third kappa shape index (κ3) is 4.54. The number of benzene rings is 3. The number of ether oxygens (including phenoxy) is 3. The van der Waals surface area contributed by atoms with E-state index in [9.17, 15) is 19.7 Å². The zero-order valence-corrected chi connectivity index (χ0v) is 23.0. The number of methoxy groups -OCH3 is 2. The Kier molecular flexibility index (Phi) is 7.22. The minimum absolute atomic E-state index is 0.0334. The average molecular weight is 560 g/mol. The Hall–Kier alpha value is -4.77. The van der Waals surface area contributed by atoms with E-state index in [0.29, 0.717) is 21.8 Å². The highest BCUT2D eigenvalue weighted by Crippen LogP contribution is 2.36. The van der Waals surface area contributed by atoms with Gasteiger partial charge in [-0.25, -0.2) is 9.79 Å². The fourth-order valence-electron chi connectivity index (χ4n) is 4.88. The van der Waals surface area contributed by atoms with E-state index >= 15 is 0 Å². The molecule has 0 unspecified atom stereocenters. The molecule has 3 aromatic carbocycles. The summed E-state index contributed by atoms with van der Waals surface area (Å²) in [5.41, 5.74) is 1.12. The SMILES string of the molecule is CCOC(=O)C1=C(C)N=c2s/c(=C/c3cc([N+](=O)[O-])c(OC)cc3OC)c(=O)n2[C@H]1c1cccc2ccccc12. The first-order chi connectivity index (χ1) is 19.3. The summed E-state index contributed by atoms with van der Waals surface area (Å²) in [6, 6.07) is 15.4. The van der Waals surface area contributed by atoms with Crippen molar-refractivity contribution in [2.45, 2.75) is 19.9 Å². The maximum Gasteiger partial charge on any atom is 0.338 e. The van der Waals surface area contributed by atoms with Crippen LogP contribution in [0, 0.1) is 10.1 Å². The van der Waals surface area contributed by atoms with Crippen LogP contribution in [0.3, 0.4) is 0 Å². The molecular formula is C29H25N3O7S. The molecule has 0 amide bonds. The predicted octanol–water partition coefficient (Wildman–Crippen LogP) is 3.88. The molecule has 0 bridgehead atoms. The van der Waals surface area contributed by atoms with Gasteiger partial charge in [-0.15, -0.1) is 0 Å². The summed E-state index contributed by atoms with van der Waals surface area (Å²) in [6.45, 7) is 3.60. The number of hydrogen-bond donors (Lipinski definition) is 0. The second-order valence-corrected chi connectivity index (χ2v) is 9.90. The van der Waals surface area contributed by atoms with Crippen LogP contribution in [0.2, 0.25) is 0 Å². The van der Waals surface area contributed by atoms with Crippen LogP contribution < -0.4 is 24.4 Å². The van der Waals surface area contributed by atoms with Crippen molar-refractivity contribution in [3.8, 4) is 11.5 Å². The van der Waals surface area contributed by atoms with Gasteiger partial charge in [-0.05, 0) is 36.3 Å². The predicted molar refractivity (Wildman–Crippen MR) is 151 cm³/mol. The number of allylic oxidation sites excluding steroid dienone is 1. The molecule has 4 aromatic rings. The van der Waals surface area contributed by atoms with Gasteiger partial charge in [0.15, 0.2) is 4.80 Å². The number of carbonyl (C=O) groups excluding carboxylic acids is 1. The molecule has 0 spiro atoms. The van der Waals surface area contributed by atoms with Crippen molar-refractivity contribution < 1.29 is 23.9 Å². The molecule has 1 aliphatic rings. The van der Waals surface area contributed by atoms with Crippen molar-refractivity contribution in [1.29, 1.82) is 0 Å². The van der Waals surface area contributed by atoms with Crippen LogP contribution >= 0.6 is 11.3 Å². The van der Waals surface area contributed by atoms with E-state index in [1.807, 2.05) is 42.5 Å². The lowest BCUT2D eigenvalue weighted by molar-refractivity contribution is -0.385. The lowest BCUT2D eigenvalue weighted by Gasteiger charge is -2.25. The van der Waals surface area contributed by atoms with Crippen LogP contribution in [-0.4, -0.2) is 36.3 Å². The number of thiazole rings is 1. The quantitative estimate of drug-likeness (QED) is 0.191. The molecule has 0 saturated carbocycles. The first-order valence-corrected chi connectivity index (χ1v) is 13.2. The molecule has 2 heterocycles. The van der Waals surface area contributed by atoms with E-state index in [-0.39, 0.29) is 28.1 Å². The maximum absolute atomic E-state index is 14.0. The zero-order valence-electron chi connectivity index (χ0n) is 22.2. The van der Waals surface area contributed by atoms with E-state index in [1.165, 1.54) is 37.0 Å². The highest BCUT2D eigenvalue weighted by molar-refractivity contribution is 7.07. The van der Waals surface area contributed by atoms with Gasteiger partial charge in [-0.3, -0.25) is 19.5 Å². The molecule has 5 rings (SSSR count). The average Bonchev–Trinajstić information content (AvgIpc) is 3.25. The van der Waals surface area contributed by atoms with E-state index in [2.05, 4.69) is 4.99 Å². The third-order valence-corrected chi connectivity index (χ3v) is 7.63. The van der Waals surface area contributed by atoms with Crippen LogP contribution in [0.15, 0.2) is 75.7 Å². The maximum atomic E-state index is 14.0. The molecule has 1 aromatic heterocycles. The van der Waals surface area contributed by atoms with Crippen LogP contribution in [0.4, 0.5) is 5.69 Å². The highest BCUT2D eigenvalue weighted by atomic mass is 32.1. The second kappa shape index (κ2) is 10.8. The third-order valence-electron chi connectivity index (χ3n) is 6.65. The van der Waals surface area contributed by atoms with Crippen LogP contribution in [-0.2, 0) is 9.53 Å². The number of hydrogen-bond acceptors (Lipinski definition) is 9. The number of rotatable bonds is 7. The number of aromatic nitrogens is 1. The summed E-state index contributed by atoms with van der Waals surface area (Å²) >= 11 is 1.12. The lowest BCUT2D eigenvalue weighted by atomic mass is 9.91. The lowest BCUT2D eigenvalue weighted by Crippen LogP contribution is -2.40. The van der Waals surface area contributed by atoms with E-state index in [0.717, 1.165) is 27.7 Å². The van der Waals surface area contributed by atoms with Crippen LogP contribution in [0.25, 0.3) is 16.8 Å². The van der Waals surface area contributed by atoms with Gasteiger partial charge in [0.05, 0.1) is 47.6 Å². The van der Waals surface area contributed by atoms with Gasteiger partial charge in [0.2, 0.25) is 5.75 Å². The highest BCUT2D eigenvalue weighted by Gasteiger charge is 2.34. The Labute approximate surface area is 232 Å². The summed E-state index contributed by atoms with van der Waals surface area (Å²) < 4.78 is 17.7. The van der Waals surface area contributed by atoms with Crippen molar-refractivity contribution in [3.63, 3.8) is 0 Å². The van der Waals surface area contributed by atoms with Gasteiger partial charge >= 0.3 is 11.7 Å². The standard InChI is InChI=1S/C29H25N3O7S/c1-5-39-28(34)25-16(2)30-29-31(26(25)20-12-8-10-17-9-6-7-11-19(17)20)27(33)24(40-29)14-18-13-21(32(35)36)23(38-4)15-22(18)37-3/h6-15,26H,5H2,1-4H3/b24-14+/t26-/m0/s1. The number of nitro groups is 1. The number of nitro benzene ring substituents is 1. The number of carbonyl (C=O) groups is 1. The van der Waals surface area contributed by atoms with Gasteiger partial charge in [-0.1, -0.05) is 53.8 Å². The molecule has 1 aliphatic heterocycles. The number of nitrogens with zero attached hydrogens (tertiary/aromatic N) is 3. The minimum atomic E-state index is -0.796. The van der Waals surface area contributed by atoms with E-state index < -0.39 is 22.5 Å². The molecule has 40 heavy (non-hydrogen) atoms. The molecule has 0 radical (unpaired) electrons. The summed E-state index contributed by atoms with van der Waals surface area (Å²) in [7, 11) is 2.76. The molecule has 0 N–H and O–H groups in total. The van der Waals surface area contributed by atoms with Crippen LogP contribution in [0.5, 0.6) is 11.5 Å². The Morgan fingerprint density at radius 1 is 1.12 bits per heavy atom. The molecule has 11 heteroatoms. The van der Waals surface area contributed by atoms with Gasteiger partial charge in [0, 0.05) is 17.7 Å². The van der Waals surface area contributed by atoms with E-state index in [1.54, 1.807) is 13.8 Å². The molecular weight excluding hydrogens is 534 g/mol. The molecule has 0 fully saturated rings. The molecule has 0 aliphatic carbocycles. The number of fused-ring (bicyclic) bond motifs is 2. The Morgan fingerprint density at radius 2 is 1.85 bits per heavy atom. The molecule has 10 nitrogen and oxygen atoms in total. The van der Waals surface area contributed by atoms with Crippen molar-refractivity contribution in [3.05, 3.63) is 107 Å². The first kappa shape index (κ1) is 26.8. The number of esters is 1. The summed E-state index contributed by atoms with van der Waals surface area (Å²) in [5, 5.41) is 13.5. The smallest absolute Gasteiger partial charge is 0.338 e. The Balaban J connectivity index is 1.80. The minimum Gasteiger partial charge on any atom is -0.496 e. The Bertz CT molecular complexity index is 1880. The van der Waals surface area contributed by atoms with Gasteiger partial charge < -0.3 is 14.2 Å². The van der Waals surface area contributed by atoms with Gasteiger partial charge in [-0.2, -0.15) is 0 Å². The van der Waals surface area contributed by atoms with E-state index in [4.69, 9.17) is 14.2 Å². The molecule has 0 saturated heterocycles. The van der Waals surface area contributed by atoms with Crippen molar-refractivity contribution in [2.75, 3.05) is 20.8 Å². The largest absolute Gasteiger partial charge is 0.496 e. The zero-order chi connectivity index (χ0) is 28.6. The van der Waals surface area contributed by atoms with Gasteiger partial charge in [0.25, 0.3) is 5.56 Å². The summed E-state index contributed by atoms with van der Waals surface area (Å²) in [6.07, 6.45) is 1.53. The fraction of sp³-hybridized carbons (Fsp3) is 0.207. The fourth-order valence-corrected chi connectivity index (χ4v) is 5.92.